The number of nitrogens with two attached hydrogens (primary N) is 1. The summed E-state index contributed by atoms with van der Waals surface area (Å²) in [5.41, 5.74) is 6.01. The molecular formula is C10H13ClN2OS. The van der Waals surface area contributed by atoms with E-state index in [1.54, 1.807) is 30.0 Å². The Morgan fingerprint density at radius 2 is 2.33 bits per heavy atom. The second-order valence-electron chi connectivity index (χ2n) is 2.90. The minimum Gasteiger partial charge on any atom is -0.492 e. The van der Waals surface area contributed by atoms with Crippen LogP contribution in [0.2, 0.25) is 5.02 Å². The number of ether oxygens (including phenoxy) is 1. The molecule has 1 aromatic carbocycles. The lowest BCUT2D eigenvalue weighted by molar-refractivity contribution is 0.343. The minimum absolute atomic E-state index is 0.00850. The summed E-state index contributed by atoms with van der Waals surface area (Å²) in [6.45, 7) is 0.585. The third-order valence-electron chi connectivity index (χ3n) is 1.78. The van der Waals surface area contributed by atoms with Crippen LogP contribution in [0.4, 0.5) is 0 Å². The number of thioether (sulfide) groups is 1. The first-order valence-electron chi connectivity index (χ1n) is 4.41. The van der Waals surface area contributed by atoms with E-state index in [1.807, 2.05) is 6.26 Å². The summed E-state index contributed by atoms with van der Waals surface area (Å²) >= 11 is 7.53. The summed E-state index contributed by atoms with van der Waals surface area (Å²) in [5, 5.41) is 7.96. The lowest BCUT2D eigenvalue weighted by Gasteiger charge is -2.10. The van der Waals surface area contributed by atoms with Crippen LogP contribution in [-0.2, 0) is 0 Å². The van der Waals surface area contributed by atoms with Crippen LogP contribution < -0.4 is 10.5 Å². The molecule has 1 rings (SSSR count). The predicted molar refractivity (Wildman–Crippen MR) is 66.3 cm³/mol. The van der Waals surface area contributed by atoms with Gasteiger partial charge in [0.25, 0.3) is 0 Å². The summed E-state index contributed by atoms with van der Waals surface area (Å²) < 4.78 is 5.49. The minimum atomic E-state index is -0.00850. The van der Waals surface area contributed by atoms with Crippen LogP contribution in [0, 0.1) is 5.41 Å². The highest BCUT2D eigenvalue weighted by Gasteiger charge is 2.07. The molecule has 0 aliphatic heterocycles. The van der Waals surface area contributed by atoms with E-state index in [0.717, 1.165) is 5.75 Å². The quantitative estimate of drug-likeness (QED) is 0.475. The van der Waals surface area contributed by atoms with Gasteiger partial charge in [0.1, 0.15) is 11.6 Å². The number of halogens is 1. The Morgan fingerprint density at radius 1 is 1.60 bits per heavy atom. The maximum atomic E-state index is 7.38. The lowest BCUT2D eigenvalue weighted by atomic mass is 10.2. The zero-order chi connectivity index (χ0) is 11.3. The molecule has 3 nitrogen and oxygen atoms in total. The fourth-order valence-electron chi connectivity index (χ4n) is 1.07. The number of hydrogen-bond acceptors (Lipinski definition) is 3. The number of nitrogen functional groups attached to an aromatic ring is 1. The summed E-state index contributed by atoms with van der Waals surface area (Å²) in [7, 11) is 0. The molecule has 0 atom stereocenters. The van der Waals surface area contributed by atoms with E-state index in [4.69, 9.17) is 27.5 Å². The van der Waals surface area contributed by atoms with Crippen molar-refractivity contribution in [3.63, 3.8) is 0 Å². The van der Waals surface area contributed by atoms with Crippen LogP contribution in [0.15, 0.2) is 18.2 Å². The van der Waals surface area contributed by atoms with E-state index >= 15 is 0 Å². The number of hydrogen-bond donors (Lipinski definition) is 2. The van der Waals surface area contributed by atoms with Gasteiger partial charge in [0.15, 0.2) is 0 Å². The van der Waals surface area contributed by atoms with Gasteiger partial charge in [-0.05, 0) is 24.5 Å². The van der Waals surface area contributed by atoms with Gasteiger partial charge in [-0.25, -0.2) is 0 Å². The number of rotatable bonds is 5. The average molecular weight is 245 g/mol. The number of benzene rings is 1. The van der Waals surface area contributed by atoms with E-state index in [9.17, 15) is 0 Å². The molecule has 0 unspecified atom stereocenters. The predicted octanol–water partition coefficient (Wildman–Crippen LogP) is 2.37. The monoisotopic (exact) mass is 244 g/mol. The van der Waals surface area contributed by atoms with E-state index in [-0.39, 0.29) is 5.84 Å². The molecule has 3 N–H and O–H groups in total. The molecule has 0 bridgehead atoms. The number of amidine groups is 1. The molecular weight excluding hydrogens is 232 g/mol. The van der Waals surface area contributed by atoms with Crippen molar-refractivity contribution in [2.45, 2.75) is 0 Å². The molecule has 0 fully saturated rings. The Bertz CT molecular complexity index is 357. The van der Waals surface area contributed by atoms with Crippen LogP contribution in [0.1, 0.15) is 5.56 Å². The topological polar surface area (TPSA) is 59.1 Å². The first-order chi connectivity index (χ1) is 7.15. The Hall–Kier alpha value is -0.870. The summed E-state index contributed by atoms with van der Waals surface area (Å²) in [6, 6.07) is 5.07. The van der Waals surface area contributed by atoms with Crippen molar-refractivity contribution in [1.29, 1.82) is 5.41 Å². The molecule has 0 aliphatic rings. The van der Waals surface area contributed by atoms with Crippen LogP contribution >= 0.6 is 23.4 Å². The summed E-state index contributed by atoms with van der Waals surface area (Å²) in [4.78, 5) is 0. The lowest BCUT2D eigenvalue weighted by Crippen LogP contribution is -2.13. The molecule has 0 spiro atoms. The molecule has 0 saturated carbocycles. The summed E-state index contributed by atoms with van der Waals surface area (Å²) in [5.74, 6) is 1.46. The van der Waals surface area contributed by atoms with Gasteiger partial charge >= 0.3 is 0 Å². The van der Waals surface area contributed by atoms with Crippen molar-refractivity contribution in [1.82, 2.24) is 0 Å². The molecule has 0 saturated heterocycles. The SMILES string of the molecule is CSCCOc1cc(Cl)ccc1C(=N)N. The van der Waals surface area contributed by atoms with E-state index in [1.165, 1.54) is 0 Å². The molecule has 0 heterocycles. The largest absolute Gasteiger partial charge is 0.492 e. The first-order valence-corrected chi connectivity index (χ1v) is 6.18. The molecule has 15 heavy (non-hydrogen) atoms. The Balaban J connectivity index is 2.82. The van der Waals surface area contributed by atoms with Gasteiger partial charge in [-0.3, -0.25) is 5.41 Å². The fourth-order valence-corrected chi connectivity index (χ4v) is 1.49. The third-order valence-corrected chi connectivity index (χ3v) is 2.59. The van der Waals surface area contributed by atoms with Gasteiger partial charge in [-0.15, -0.1) is 0 Å². The third kappa shape index (κ3) is 3.64. The summed E-state index contributed by atoms with van der Waals surface area (Å²) in [6.07, 6.45) is 2.01. The molecule has 0 aliphatic carbocycles. The van der Waals surface area contributed by atoms with Gasteiger partial charge in [0.05, 0.1) is 12.2 Å². The second-order valence-corrected chi connectivity index (χ2v) is 4.32. The van der Waals surface area contributed by atoms with E-state index < -0.39 is 0 Å². The van der Waals surface area contributed by atoms with Crippen molar-refractivity contribution in [3.05, 3.63) is 28.8 Å². The van der Waals surface area contributed by atoms with Crippen molar-refractivity contribution >= 4 is 29.2 Å². The van der Waals surface area contributed by atoms with Gasteiger partial charge < -0.3 is 10.5 Å². The normalized spacial score (nSPS) is 10.0. The maximum absolute atomic E-state index is 7.38. The van der Waals surface area contributed by atoms with Crippen molar-refractivity contribution in [3.8, 4) is 5.75 Å². The first kappa shape index (κ1) is 12.2. The maximum Gasteiger partial charge on any atom is 0.131 e. The Labute approximate surface area is 98.5 Å². The van der Waals surface area contributed by atoms with Crippen molar-refractivity contribution < 1.29 is 4.74 Å². The van der Waals surface area contributed by atoms with E-state index in [2.05, 4.69) is 0 Å². The van der Waals surface area contributed by atoms with Gasteiger partial charge in [0.2, 0.25) is 0 Å². The highest BCUT2D eigenvalue weighted by Crippen LogP contribution is 2.23. The Kier molecular flexibility index (Phi) is 4.78. The zero-order valence-electron chi connectivity index (χ0n) is 8.42. The molecule has 5 heteroatoms. The average Bonchev–Trinajstić information content (AvgIpc) is 2.18. The molecule has 0 amide bonds. The molecule has 1 aromatic rings. The van der Waals surface area contributed by atoms with Crippen LogP contribution in [0.5, 0.6) is 5.75 Å². The van der Waals surface area contributed by atoms with Gasteiger partial charge in [-0.1, -0.05) is 11.6 Å². The highest BCUT2D eigenvalue weighted by atomic mass is 35.5. The van der Waals surface area contributed by atoms with Crippen molar-refractivity contribution in [2.75, 3.05) is 18.6 Å². The van der Waals surface area contributed by atoms with Crippen molar-refractivity contribution in [2.24, 2.45) is 5.73 Å². The van der Waals surface area contributed by atoms with Crippen LogP contribution in [0.3, 0.4) is 0 Å². The zero-order valence-corrected chi connectivity index (χ0v) is 9.99. The Morgan fingerprint density at radius 3 is 2.93 bits per heavy atom. The van der Waals surface area contributed by atoms with E-state index in [0.29, 0.717) is 22.9 Å². The molecule has 0 radical (unpaired) electrons. The molecule has 82 valence electrons. The van der Waals surface area contributed by atoms with Crippen LogP contribution in [0.25, 0.3) is 0 Å². The smallest absolute Gasteiger partial charge is 0.131 e. The molecule has 0 aromatic heterocycles. The van der Waals surface area contributed by atoms with Crippen LogP contribution in [-0.4, -0.2) is 24.5 Å². The van der Waals surface area contributed by atoms with Gasteiger partial charge in [0, 0.05) is 10.8 Å². The highest BCUT2D eigenvalue weighted by molar-refractivity contribution is 7.98. The second kappa shape index (κ2) is 5.88. The fraction of sp³-hybridized carbons (Fsp3) is 0.300. The number of nitrogens with one attached hydrogen (secondary N) is 1. The standard InChI is InChI=1S/C10H13ClN2OS/c1-15-5-4-14-9-6-7(11)2-3-8(9)10(12)13/h2-3,6H,4-5H2,1H3,(H3,12,13). The van der Waals surface area contributed by atoms with Gasteiger partial charge in [-0.2, -0.15) is 11.8 Å².